The molecule has 0 saturated carbocycles. The Morgan fingerprint density at radius 3 is 2.24 bits per heavy atom. The zero-order valence-corrected chi connectivity index (χ0v) is 13.8. The molecule has 126 valence electrons. The van der Waals surface area contributed by atoms with Crippen molar-refractivity contribution in [2.24, 2.45) is 0 Å². The molecule has 0 radical (unpaired) electrons. The zero-order chi connectivity index (χ0) is 18.4. The minimum absolute atomic E-state index is 0.0545. The van der Waals surface area contributed by atoms with Crippen LogP contribution >= 0.6 is 0 Å². The van der Waals surface area contributed by atoms with E-state index in [1.54, 1.807) is 12.1 Å². The highest BCUT2D eigenvalue weighted by molar-refractivity contribution is 6.09. The van der Waals surface area contributed by atoms with E-state index < -0.39 is 10.8 Å². The summed E-state index contributed by atoms with van der Waals surface area (Å²) in [6.45, 7) is 0. The van der Waals surface area contributed by atoms with Gasteiger partial charge in [0, 0.05) is 37.6 Å². The lowest BCUT2D eigenvalue weighted by Crippen LogP contribution is -2.14. The fourth-order valence-electron chi connectivity index (χ4n) is 2.05. The first-order valence-corrected chi connectivity index (χ1v) is 7.35. The van der Waals surface area contributed by atoms with Crippen molar-refractivity contribution in [2.75, 3.05) is 24.3 Å². The molecule has 0 heterocycles. The van der Waals surface area contributed by atoms with Gasteiger partial charge in [0.2, 0.25) is 0 Å². The van der Waals surface area contributed by atoms with E-state index >= 15 is 0 Å². The smallest absolute Gasteiger partial charge is 0.269 e. The highest BCUT2D eigenvalue weighted by Gasteiger charge is 2.10. The summed E-state index contributed by atoms with van der Waals surface area (Å²) in [6, 6.07) is 14.6. The Balaban J connectivity index is 2.14. The number of rotatable bonds is 5. The number of nitro groups is 1. The normalized spacial score (nSPS) is 10.7. The molecule has 0 atom stereocenters. The third-order valence-electron chi connectivity index (χ3n) is 3.42. The number of benzene rings is 2. The molecule has 0 aliphatic heterocycles. The second kappa shape index (κ2) is 7.75. The lowest BCUT2D eigenvalue weighted by Gasteiger charge is -2.12. The van der Waals surface area contributed by atoms with Gasteiger partial charge < -0.3 is 10.2 Å². The predicted molar refractivity (Wildman–Crippen MR) is 96.1 cm³/mol. The molecule has 1 N–H and O–H groups in total. The summed E-state index contributed by atoms with van der Waals surface area (Å²) in [5, 5.41) is 22.5. The second-order valence-electron chi connectivity index (χ2n) is 5.41. The molecule has 0 aromatic heterocycles. The number of hydrogen-bond acceptors (Lipinski definition) is 5. The van der Waals surface area contributed by atoms with E-state index in [1.165, 1.54) is 30.3 Å². The standard InChI is InChI=1S/C18H16N4O3/c1-21(2)16-9-5-15(6-10-16)20-18(23)14(12-19)11-13-3-7-17(8-4-13)22(24)25/h3-11H,1-2H3,(H,20,23)/b14-11-. The molecule has 0 bridgehead atoms. The maximum atomic E-state index is 12.2. The van der Waals surface area contributed by atoms with Crippen LogP contribution in [0.5, 0.6) is 0 Å². The van der Waals surface area contributed by atoms with Gasteiger partial charge in [-0.3, -0.25) is 14.9 Å². The van der Waals surface area contributed by atoms with Gasteiger partial charge in [0.15, 0.2) is 0 Å². The van der Waals surface area contributed by atoms with E-state index in [1.807, 2.05) is 37.2 Å². The molecule has 0 aliphatic carbocycles. The Labute approximate surface area is 145 Å². The summed E-state index contributed by atoms with van der Waals surface area (Å²) in [5.41, 5.74) is 1.94. The molecular weight excluding hydrogens is 320 g/mol. The van der Waals surface area contributed by atoms with Crippen LogP contribution < -0.4 is 10.2 Å². The molecule has 2 aromatic rings. The van der Waals surface area contributed by atoms with Crippen LogP contribution in [0.1, 0.15) is 5.56 Å². The number of nitrogens with one attached hydrogen (secondary N) is 1. The van der Waals surface area contributed by atoms with Gasteiger partial charge in [0.25, 0.3) is 11.6 Å². The first-order chi connectivity index (χ1) is 11.9. The molecule has 1 amide bonds. The van der Waals surface area contributed by atoms with Crippen molar-refractivity contribution in [1.82, 2.24) is 0 Å². The molecule has 0 aliphatic rings. The minimum atomic E-state index is -0.543. The number of anilines is 2. The van der Waals surface area contributed by atoms with Crippen LogP contribution in [0.4, 0.5) is 17.1 Å². The van der Waals surface area contributed by atoms with E-state index in [4.69, 9.17) is 0 Å². The van der Waals surface area contributed by atoms with Crippen molar-refractivity contribution >= 4 is 29.0 Å². The minimum Gasteiger partial charge on any atom is -0.378 e. The van der Waals surface area contributed by atoms with Crippen molar-refractivity contribution in [1.29, 1.82) is 5.26 Å². The lowest BCUT2D eigenvalue weighted by atomic mass is 10.1. The molecular formula is C18H16N4O3. The van der Waals surface area contributed by atoms with Gasteiger partial charge in [-0.2, -0.15) is 5.26 Å². The van der Waals surface area contributed by atoms with Crippen LogP contribution in [0.2, 0.25) is 0 Å². The molecule has 0 saturated heterocycles. The summed E-state index contributed by atoms with van der Waals surface area (Å²) in [7, 11) is 3.82. The highest BCUT2D eigenvalue weighted by atomic mass is 16.6. The summed E-state index contributed by atoms with van der Waals surface area (Å²) in [4.78, 5) is 24.3. The summed E-state index contributed by atoms with van der Waals surface area (Å²) < 4.78 is 0. The summed E-state index contributed by atoms with van der Waals surface area (Å²) in [5.74, 6) is -0.543. The molecule has 0 spiro atoms. The number of nitrogens with zero attached hydrogens (tertiary/aromatic N) is 3. The van der Waals surface area contributed by atoms with Crippen LogP contribution in [-0.4, -0.2) is 24.9 Å². The van der Waals surface area contributed by atoms with Gasteiger partial charge in [-0.15, -0.1) is 0 Å². The number of hydrogen-bond donors (Lipinski definition) is 1. The van der Waals surface area contributed by atoms with Crippen molar-refractivity contribution in [2.45, 2.75) is 0 Å². The Morgan fingerprint density at radius 2 is 1.76 bits per heavy atom. The number of carbonyl (C=O) groups excluding carboxylic acids is 1. The number of amides is 1. The molecule has 0 unspecified atom stereocenters. The molecule has 25 heavy (non-hydrogen) atoms. The van der Waals surface area contributed by atoms with Gasteiger partial charge in [-0.25, -0.2) is 0 Å². The molecule has 2 aromatic carbocycles. The van der Waals surface area contributed by atoms with E-state index in [9.17, 15) is 20.2 Å². The number of non-ortho nitro benzene ring substituents is 1. The van der Waals surface area contributed by atoms with E-state index in [-0.39, 0.29) is 11.3 Å². The van der Waals surface area contributed by atoms with Gasteiger partial charge in [0.05, 0.1) is 4.92 Å². The highest BCUT2D eigenvalue weighted by Crippen LogP contribution is 2.18. The van der Waals surface area contributed by atoms with Crippen LogP contribution in [0, 0.1) is 21.4 Å². The first kappa shape index (κ1) is 17.7. The van der Waals surface area contributed by atoms with Crippen LogP contribution in [0.3, 0.4) is 0 Å². The third kappa shape index (κ3) is 4.65. The van der Waals surface area contributed by atoms with Gasteiger partial charge >= 0.3 is 0 Å². The van der Waals surface area contributed by atoms with E-state index in [0.29, 0.717) is 11.3 Å². The summed E-state index contributed by atoms with van der Waals surface area (Å²) >= 11 is 0. The molecule has 2 rings (SSSR count). The molecule has 0 fully saturated rings. The average Bonchev–Trinajstić information content (AvgIpc) is 2.60. The van der Waals surface area contributed by atoms with Gasteiger partial charge in [0.1, 0.15) is 11.6 Å². The second-order valence-corrected chi connectivity index (χ2v) is 5.41. The average molecular weight is 336 g/mol. The van der Waals surface area contributed by atoms with Crippen LogP contribution in [-0.2, 0) is 4.79 Å². The van der Waals surface area contributed by atoms with E-state index in [0.717, 1.165) is 5.69 Å². The largest absolute Gasteiger partial charge is 0.378 e. The van der Waals surface area contributed by atoms with Crippen molar-refractivity contribution in [3.63, 3.8) is 0 Å². The Kier molecular flexibility index (Phi) is 5.48. The van der Waals surface area contributed by atoms with Gasteiger partial charge in [-0.05, 0) is 48.0 Å². The number of nitriles is 1. The maximum absolute atomic E-state index is 12.2. The quantitative estimate of drug-likeness (QED) is 0.391. The van der Waals surface area contributed by atoms with Crippen LogP contribution in [0.25, 0.3) is 6.08 Å². The predicted octanol–water partition coefficient (Wildman–Crippen LogP) is 3.21. The molecule has 7 nitrogen and oxygen atoms in total. The van der Waals surface area contributed by atoms with E-state index in [2.05, 4.69) is 5.32 Å². The van der Waals surface area contributed by atoms with Crippen LogP contribution in [0.15, 0.2) is 54.1 Å². The van der Waals surface area contributed by atoms with Crippen molar-refractivity contribution in [3.05, 3.63) is 69.8 Å². The Morgan fingerprint density at radius 1 is 1.16 bits per heavy atom. The number of carbonyl (C=O) groups is 1. The topological polar surface area (TPSA) is 99.3 Å². The maximum Gasteiger partial charge on any atom is 0.269 e. The fraction of sp³-hybridized carbons (Fsp3) is 0.111. The monoisotopic (exact) mass is 336 g/mol. The lowest BCUT2D eigenvalue weighted by molar-refractivity contribution is -0.384. The third-order valence-corrected chi connectivity index (χ3v) is 3.42. The first-order valence-electron chi connectivity index (χ1n) is 7.35. The molecule has 7 heteroatoms. The Hall–Kier alpha value is -3.66. The number of nitro benzene ring substituents is 1. The van der Waals surface area contributed by atoms with Crippen molar-refractivity contribution in [3.8, 4) is 6.07 Å². The zero-order valence-electron chi connectivity index (χ0n) is 13.8. The van der Waals surface area contributed by atoms with Crippen molar-refractivity contribution < 1.29 is 9.72 Å². The fourth-order valence-corrected chi connectivity index (χ4v) is 2.05. The van der Waals surface area contributed by atoms with Gasteiger partial charge in [-0.1, -0.05) is 0 Å². The Bertz CT molecular complexity index is 847. The summed E-state index contributed by atoms with van der Waals surface area (Å²) in [6.07, 6.45) is 1.38. The SMILES string of the molecule is CN(C)c1ccc(NC(=O)/C(C#N)=C\c2ccc([N+](=O)[O-])cc2)cc1.